The van der Waals surface area contributed by atoms with Crippen LogP contribution in [0.15, 0.2) is 24.3 Å². The van der Waals surface area contributed by atoms with Gasteiger partial charge in [-0.1, -0.05) is 24.3 Å². The summed E-state index contributed by atoms with van der Waals surface area (Å²) in [4.78, 5) is 0. The summed E-state index contributed by atoms with van der Waals surface area (Å²) in [5.74, 6) is 0.223. The third-order valence-corrected chi connectivity index (χ3v) is 5.59. The van der Waals surface area contributed by atoms with Gasteiger partial charge in [-0.05, 0) is 43.4 Å². The third-order valence-electron chi connectivity index (χ3n) is 3.63. The molecule has 0 aromatic heterocycles. The number of fused-ring (bicyclic) bond motifs is 1. The summed E-state index contributed by atoms with van der Waals surface area (Å²) in [6.45, 7) is 1.75. The zero-order valence-electron chi connectivity index (χ0n) is 11.2. The van der Waals surface area contributed by atoms with Crippen molar-refractivity contribution in [1.82, 2.24) is 4.31 Å². The summed E-state index contributed by atoms with van der Waals surface area (Å²) in [5.41, 5.74) is 7.97. The van der Waals surface area contributed by atoms with Gasteiger partial charge in [-0.15, -0.1) is 0 Å². The highest BCUT2D eigenvalue weighted by Gasteiger charge is 2.23. The number of sulfonamides is 1. The van der Waals surface area contributed by atoms with Gasteiger partial charge in [-0.3, -0.25) is 0 Å². The number of hydrogen-bond donors (Lipinski definition) is 1. The van der Waals surface area contributed by atoms with Crippen LogP contribution >= 0.6 is 0 Å². The van der Waals surface area contributed by atoms with Gasteiger partial charge in [-0.25, -0.2) is 12.7 Å². The minimum Gasteiger partial charge on any atom is -0.330 e. The van der Waals surface area contributed by atoms with Gasteiger partial charge in [0.2, 0.25) is 10.0 Å². The van der Waals surface area contributed by atoms with E-state index in [2.05, 4.69) is 12.1 Å². The van der Waals surface area contributed by atoms with E-state index in [0.717, 1.165) is 19.3 Å². The first-order chi connectivity index (χ1) is 9.13. The van der Waals surface area contributed by atoms with Crippen molar-refractivity contribution in [1.29, 1.82) is 0 Å². The van der Waals surface area contributed by atoms with Crippen LogP contribution in [0, 0.1) is 0 Å². The first-order valence-electron chi connectivity index (χ1n) is 6.88. The van der Waals surface area contributed by atoms with Gasteiger partial charge < -0.3 is 5.73 Å². The second-order valence-corrected chi connectivity index (χ2v) is 7.07. The van der Waals surface area contributed by atoms with E-state index in [0.29, 0.717) is 26.1 Å². The Kier molecular flexibility index (Phi) is 4.96. The Bertz CT molecular complexity index is 487. The van der Waals surface area contributed by atoms with Crippen LogP contribution in [0.25, 0.3) is 0 Å². The standard InChI is InChI=1S/C14H22N2O2S/c15-9-3-4-12-19(17,18)16-10-7-13-5-1-2-6-14(13)8-11-16/h1-2,5-6H,3-4,7-12,15H2. The fraction of sp³-hybridized carbons (Fsp3) is 0.571. The summed E-state index contributed by atoms with van der Waals surface area (Å²) in [6.07, 6.45) is 3.05. The maximum atomic E-state index is 12.2. The Morgan fingerprint density at radius 1 is 1.05 bits per heavy atom. The van der Waals surface area contributed by atoms with E-state index in [-0.39, 0.29) is 5.75 Å². The molecule has 106 valence electrons. The molecule has 1 aromatic rings. The second kappa shape index (κ2) is 6.50. The van der Waals surface area contributed by atoms with Gasteiger partial charge in [-0.2, -0.15) is 0 Å². The van der Waals surface area contributed by atoms with E-state index in [1.807, 2.05) is 12.1 Å². The lowest BCUT2D eigenvalue weighted by Gasteiger charge is -2.19. The van der Waals surface area contributed by atoms with Crippen molar-refractivity contribution in [3.63, 3.8) is 0 Å². The molecule has 5 heteroatoms. The summed E-state index contributed by atoms with van der Waals surface area (Å²) < 4.78 is 26.1. The largest absolute Gasteiger partial charge is 0.330 e. The molecule has 1 aromatic carbocycles. The van der Waals surface area contributed by atoms with Crippen molar-refractivity contribution < 1.29 is 8.42 Å². The second-order valence-electron chi connectivity index (χ2n) is 4.98. The minimum absolute atomic E-state index is 0.223. The van der Waals surface area contributed by atoms with Crippen molar-refractivity contribution in [2.45, 2.75) is 25.7 Å². The van der Waals surface area contributed by atoms with E-state index in [9.17, 15) is 8.42 Å². The Morgan fingerprint density at radius 3 is 2.16 bits per heavy atom. The van der Waals surface area contributed by atoms with Crippen LogP contribution in [0.3, 0.4) is 0 Å². The zero-order chi connectivity index (χ0) is 13.7. The van der Waals surface area contributed by atoms with Gasteiger partial charge in [0.1, 0.15) is 0 Å². The molecule has 0 spiro atoms. The first-order valence-corrected chi connectivity index (χ1v) is 8.49. The number of nitrogens with zero attached hydrogens (tertiary/aromatic N) is 1. The molecule has 1 heterocycles. The third kappa shape index (κ3) is 3.78. The maximum Gasteiger partial charge on any atom is 0.214 e. The quantitative estimate of drug-likeness (QED) is 0.824. The topological polar surface area (TPSA) is 63.4 Å². The summed E-state index contributed by atoms with van der Waals surface area (Å²) in [6, 6.07) is 8.23. The van der Waals surface area contributed by atoms with Gasteiger partial charge >= 0.3 is 0 Å². The van der Waals surface area contributed by atoms with E-state index in [4.69, 9.17) is 5.73 Å². The van der Waals surface area contributed by atoms with Gasteiger partial charge in [0.25, 0.3) is 0 Å². The number of hydrogen-bond acceptors (Lipinski definition) is 3. The van der Waals surface area contributed by atoms with E-state index in [1.54, 1.807) is 4.31 Å². The molecule has 0 radical (unpaired) electrons. The number of rotatable bonds is 5. The molecule has 1 aliphatic rings. The minimum atomic E-state index is -3.12. The van der Waals surface area contributed by atoms with Gasteiger partial charge in [0.05, 0.1) is 5.75 Å². The number of benzene rings is 1. The molecule has 19 heavy (non-hydrogen) atoms. The molecule has 0 saturated carbocycles. The molecule has 0 fully saturated rings. The molecule has 0 aliphatic carbocycles. The lowest BCUT2D eigenvalue weighted by atomic mass is 10.0. The average Bonchev–Trinajstić information content (AvgIpc) is 2.61. The lowest BCUT2D eigenvalue weighted by molar-refractivity contribution is 0.425. The average molecular weight is 282 g/mol. The van der Waals surface area contributed by atoms with E-state index >= 15 is 0 Å². The highest BCUT2D eigenvalue weighted by Crippen LogP contribution is 2.18. The SMILES string of the molecule is NCCCCS(=O)(=O)N1CCc2ccccc2CC1. The smallest absolute Gasteiger partial charge is 0.214 e. The molecule has 0 amide bonds. The molecule has 1 aliphatic heterocycles. The Balaban J connectivity index is 2.01. The predicted molar refractivity (Wildman–Crippen MR) is 77.5 cm³/mol. The molecule has 4 nitrogen and oxygen atoms in total. The molecular formula is C14H22N2O2S. The molecule has 0 atom stereocenters. The van der Waals surface area contributed by atoms with Gasteiger partial charge in [0.15, 0.2) is 0 Å². The maximum absolute atomic E-state index is 12.2. The Labute approximate surface area is 115 Å². The fourth-order valence-corrected chi connectivity index (χ4v) is 4.05. The van der Waals surface area contributed by atoms with Crippen LogP contribution in [-0.2, 0) is 22.9 Å². The van der Waals surface area contributed by atoms with E-state index < -0.39 is 10.0 Å². The first kappa shape index (κ1) is 14.5. The predicted octanol–water partition coefficient (Wildman–Crippen LogP) is 1.16. The molecule has 2 rings (SSSR count). The highest BCUT2D eigenvalue weighted by molar-refractivity contribution is 7.89. The van der Waals surface area contributed by atoms with Crippen molar-refractivity contribution in [2.24, 2.45) is 5.73 Å². The number of nitrogens with two attached hydrogens (primary N) is 1. The summed E-state index contributed by atoms with van der Waals surface area (Å²) >= 11 is 0. The van der Waals surface area contributed by atoms with Crippen molar-refractivity contribution in [3.8, 4) is 0 Å². The van der Waals surface area contributed by atoms with Crippen LogP contribution in [0.1, 0.15) is 24.0 Å². The Hall–Kier alpha value is -0.910. The summed E-state index contributed by atoms with van der Waals surface area (Å²) in [7, 11) is -3.12. The van der Waals surface area contributed by atoms with E-state index in [1.165, 1.54) is 11.1 Å². The monoisotopic (exact) mass is 282 g/mol. The fourth-order valence-electron chi connectivity index (χ4n) is 2.48. The van der Waals surface area contributed by atoms with Crippen LogP contribution in [0.4, 0.5) is 0 Å². The van der Waals surface area contributed by atoms with Crippen molar-refractivity contribution >= 4 is 10.0 Å². The summed E-state index contributed by atoms with van der Waals surface area (Å²) in [5, 5.41) is 0. The van der Waals surface area contributed by atoms with Crippen LogP contribution in [0.2, 0.25) is 0 Å². The molecular weight excluding hydrogens is 260 g/mol. The molecule has 0 bridgehead atoms. The van der Waals surface area contributed by atoms with Crippen LogP contribution in [-0.4, -0.2) is 38.1 Å². The Morgan fingerprint density at radius 2 is 1.63 bits per heavy atom. The molecule has 0 unspecified atom stereocenters. The number of unbranched alkanes of at least 4 members (excludes halogenated alkanes) is 1. The van der Waals surface area contributed by atoms with Crippen LogP contribution < -0.4 is 5.73 Å². The zero-order valence-corrected chi connectivity index (χ0v) is 12.0. The molecule has 2 N–H and O–H groups in total. The lowest BCUT2D eigenvalue weighted by Crippen LogP contribution is -2.35. The molecule has 0 saturated heterocycles. The van der Waals surface area contributed by atoms with Crippen molar-refractivity contribution in [3.05, 3.63) is 35.4 Å². The van der Waals surface area contributed by atoms with Gasteiger partial charge in [0, 0.05) is 13.1 Å². The van der Waals surface area contributed by atoms with Crippen molar-refractivity contribution in [2.75, 3.05) is 25.4 Å². The highest BCUT2D eigenvalue weighted by atomic mass is 32.2. The van der Waals surface area contributed by atoms with Crippen LogP contribution in [0.5, 0.6) is 0 Å². The normalized spacial score (nSPS) is 16.9.